The summed E-state index contributed by atoms with van der Waals surface area (Å²) in [6.45, 7) is 5.99. The Morgan fingerprint density at radius 2 is 1.85 bits per heavy atom. The lowest BCUT2D eigenvalue weighted by molar-refractivity contribution is 0.288. The van der Waals surface area contributed by atoms with Crippen LogP contribution in [0.15, 0.2) is 33.4 Å². The van der Waals surface area contributed by atoms with Gasteiger partial charge in [0.1, 0.15) is 0 Å². The summed E-state index contributed by atoms with van der Waals surface area (Å²) in [5.41, 5.74) is 2.29. The molecule has 0 amide bonds. The van der Waals surface area contributed by atoms with Crippen LogP contribution in [0.5, 0.6) is 11.5 Å². The molecular formula is C15H18BrNO2S. The van der Waals surface area contributed by atoms with Crippen LogP contribution in [-0.2, 0) is 6.54 Å². The van der Waals surface area contributed by atoms with Crippen molar-refractivity contribution < 1.29 is 9.47 Å². The van der Waals surface area contributed by atoms with Gasteiger partial charge in [-0.3, -0.25) is 0 Å². The highest BCUT2D eigenvalue weighted by atomic mass is 79.9. The van der Waals surface area contributed by atoms with Crippen molar-refractivity contribution in [2.24, 2.45) is 0 Å². The SMILES string of the molecule is CCOc1ccc(NCc2csc(Br)c2)cc1OCC. The number of benzene rings is 1. The molecule has 0 bridgehead atoms. The quantitative estimate of drug-likeness (QED) is 0.764. The van der Waals surface area contributed by atoms with Crippen molar-refractivity contribution in [2.45, 2.75) is 20.4 Å². The van der Waals surface area contributed by atoms with E-state index in [0.29, 0.717) is 13.2 Å². The summed E-state index contributed by atoms with van der Waals surface area (Å²) in [5.74, 6) is 1.57. The van der Waals surface area contributed by atoms with Gasteiger partial charge in [-0.2, -0.15) is 0 Å². The van der Waals surface area contributed by atoms with Gasteiger partial charge in [-0.15, -0.1) is 11.3 Å². The second kappa shape index (κ2) is 7.55. The minimum Gasteiger partial charge on any atom is -0.490 e. The van der Waals surface area contributed by atoms with Crippen LogP contribution in [0.3, 0.4) is 0 Å². The molecule has 0 spiro atoms. The number of nitrogens with one attached hydrogen (secondary N) is 1. The molecule has 1 N–H and O–H groups in total. The fourth-order valence-corrected chi connectivity index (χ4v) is 3.01. The van der Waals surface area contributed by atoms with Crippen LogP contribution in [0.25, 0.3) is 0 Å². The Bertz CT molecular complexity index is 557. The number of rotatable bonds is 7. The average molecular weight is 356 g/mol. The topological polar surface area (TPSA) is 30.5 Å². The maximum atomic E-state index is 5.62. The number of anilines is 1. The molecule has 2 aromatic rings. The first-order chi connectivity index (χ1) is 9.72. The van der Waals surface area contributed by atoms with Crippen molar-refractivity contribution in [2.75, 3.05) is 18.5 Å². The Hall–Kier alpha value is -1.20. The summed E-state index contributed by atoms with van der Waals surface area (Å²) >= 11 is 5.16. The molecule has 0 aliphatic carbocycles. The van der Waals surface area contributed by atoms with Gasteiger partial charge in [0.05, 0.1) is 17.0 Å². The molecular weight excluding hydrogens is 338 g/mol. The van der Waals surface area contributed by atoms with Gasteiger partial charge in [0, 0.05) is 18.3 Å². The lowest BCUT2D eigenvalue weighted by Gasteiger charge is -2.13. The first-order valence-corrected chi connectivity index (χ1v) is 8.26. The molecule has 0 radical (unpaired) electrons. The van der Waals surface area contributed by atoms with Gasteiger partial charge >= 0.3 is 0 Å². The summed E-state index contributed by atoms with van der Waals surface area (Å²) in [4.78, 5) is 0. The van der Waals surface area contributed by atoms with E-state index in [1.165, 1.54) is 5.56 Å². The first-order valence-electron chi connectivity index (χ1n) is 6.59. The number of thiophene rings is 1. The van der Waals surface area contributed by atoms with E-state index in [4.69, 9.17) is 9.47 Å². The highest BCUT2D eigenvalue weighted by Gasteiger charge is 2.06. The monoisotopic (exact) mass is 355 g/mol. The highest BCUT2D eigenvalue weighted by molar-refractivity contribution is 9.11. The lowest BCUT2D eigenvalue weighted by Crippen LogP contribution is -2.01. The molecule has 0 saturated heterocycles. The molecule has 1 aromatic carbocycles. The van der Waals surface area contributed by atoms with Crippen LogP contribution >= 0.6 is 27.3 Å². The maximum Gasteiger partial charge on any atom is 0.163 e. The van der Waals surface area contributed by atoms with Crippen LogP contribution in [0, 0.1) is 0 Å². The van der Waals surface area contributed by atoms with E-state index < -0.39 is 0 Å². The van der Waals surface area contributed by atoms with Crippen molar-refractivity contribution >= 4 is 33.0 Å². The van der Waals surface area contributed by atoms with Crippen molar-refractivity contribution in [3.05, 3.63) is 39.0 Å². The minimum atomic E-state index is 0.626. The summed E-state index contributed by atoms with van der Waals surface area (Å²) in [6, 6.07) is 8.06. The van der Waals surface area contributed by atoms with Gasteiger partial charge in [0.25, 0.3) is 0 Å². The van der Waals surface area contributed by atoms with Crippen LogP contribution in [0.2, 0.25) is 0 Å². The van der Waals surface area contributed by atoms with Crippen LogP contribution < -0.4 is 14.8 Å². The third-order valence-corrected chi connectivity index (χ3v) is 4.22. The van der Waals surface area contributed by atoms with Crippen LogP contribution in [0.4, 0.5) is 5.69 Å². The molecule has 0 atom stereocenters. The molecule has 2 rings (SSSR count). The minimum absolute atomic E-state index is 0.626. The molecule has 0 saturated carbocycles. The summed E-state index contributed by atoms with van der Waals surface area (Å²) in [5, 5.41) is 5.53. The lowest BCUT2D eigenvalue weighted by atomic mass is 10.2. The number of ether oxygens (including phenoxy) is 2. The molecule has 0 unspecified atom stereocenters. The summed E-state index contributed by atoms with van der Waals surface area (Å²) < 4.78 is 12.3. The van der Waals surface area contributed by atoms with E-state index in [1.54, 1.807) is 11.3 Å². The van der Waals surface area contributed by atoms with Gasteiger partial charge in [0.2, 0.25) is 0 Å². The van der Waals surface area contributed by atoms with E-state index in [2.05, 4.69) is 32.7 Å². The molecule has 108 valence electrons. The van der Waals surface area contributed by atoms with Crippen molar-refractivity contribution in [1.82, 2.24) is 0 Å². The average Bonchev–Trinajstić information content (AvgIpc) is 2.85. The Morgan fingerprint density at radius 1 is 1.10 bits per heavy atom. The van der Waals surface area contributed by atoms with Gasteiger partial charge in [-0.05, 0) is 58.9 Å². The molecule has 5 heteroatoms. The van der Waals surface area contributed by atoms with Crippen LogP contribution in [-0.4, -0.2) is 13.2 Å². The second-order valence-electron chi connectivity index (χ2n) is 4.14. The normalized spacial score (nSPS) is 10.3. The third kappa shape index (κ3) is 4.15. The smallest absolute Gasteiger partial charge is 0.163 e. The largest absolute Gasteiger partial charge is 0.490 e. The van der Waals surface area contributed by atoms with Gasteiger partial charge < -0.3 is 14.8 Å². The maximum absolute atomic E-state index is 5.62. The molecule has 3 nitrogen and oxygen atoms in total. The Kier molecular flexibility index (Phi) is 5.73. The Morgan fingerprint density at radius 3 is 2.50 bits per heavy atom. The Labute approximate surface area is 132 Å². The second-order valence-corrected chi connectivity index (χ2v) is 6.43. The molecule has 20 heavy (non-hydrogen) atoms. The van der Waals surface area contributed by atoms with Crippen LogP contribution in [0.1, 0.15) is 19.4 Å². The van der Waals surface area contributed by atoms with Crippen molar-refractivity contribution in [3.63, 3.8) is 0 Å². The molecule has 1 heterocycles. The zero-order valence-corrected chi connectivity index (χ0v) is 14.0. The van der Waals surface area contributed by atoms with Crippen molar-refractivity contribution in [3.8, 4) is 11.5 Å². The Balaban J connectivity index is 2.05. The van der Waals surface area contributed by atoms with E-state index >= 15 is 0 Å². The van der Waals surface area contributed by atoms with E-state index in [1.807, 2.05) is 32.0 Å². The first kappa shape index (κ1) is 15.2. The van der Waals surface area contributed by atoms with Gasteiger partial charge in [0.15, 0.2) is 11.5 Å². The predicted molar refractivity (Wildman–Crippen MR) is 88.1 cm³/mol. The third-order valence-electron chi connectivity index (χ3n) is 2.66. The number of hydrogen-bond acceptors (Lipinski definition) is 4. The van der Waals surface area contributed by atoms with Gasteiger partial charge in [-0.1, -0.05) is 0 Å². The zero-order chi connectivity index (χ0) is 14.4. The molecule has 0 fully saturated rings. The zero-order valence-electron chi connectivity index (χ0n) is 11.6. The van der Waals surface area contributed by atoms with Gasteiger partial charge in [-0.25, -0.2) is 0 Å². The molecule has 0 aliphatic rings. The highest BCUT2D eigenvalue weighted by Crippen LogP contribution is 2.31. The fraction of sp³-hybridized carbons (Fsp3) is 0.333. The fourth-order valence-electron chi connectivity index (χ4n) is 1.80. The van der Waals surface area contributed by atoms with E-state index in [0.717, 1.165) is 27.5 Å². The number of halogens is 1. The predicted octanol–water partition coefficient (Wildman–Crippen LogP) is 4.92. The van der Waals surface area contributed by atoms with Crippen molar-refractivity contribution in [1.29, 1.82) is 0 Å². The summed E-state index contributed by atoms with van der Waals surface area (Å²) in [6.07, 6.45) is 0. The summed E-state index contributed by atoms with van der Waals surface area (Å²) in [7, 11) is 0. The molecule has 0 aliphatic heterocycles. The number of hydrogen-bond donors (Lipinski definition) is 1. The standard InChI is InChI=1S/C15H18BrNO2S/c1-3-18-13-6-5-12(8-14(13)19-4-2)17-9-11-7-15(16)20-10-11/h5-8,10,17H,3-4,9H2,1-2H3. The van der Waals surface area contributed by atoms with E-state index in [-0.39, 0.29) is 0 Å². The molecule has 1 aromatic heterocycles. The van der Waals surface area contributed by atoms with E-state index in [9.17, 15) is 0 Å².